The van der Waals surface area contributed by atoms with Crippen LogP contribution in [0.5, 0.6) is 17.5 Å². The molecule has 2 aliphatic carbocycles. The quantitative estimate of drug-likeness (QED) is 0.0479. The van der Waals surface area contributed by atoms with Crippen molar-refractivity contribution in [3.63, 3.8) is 0 Å². The van der Waals surface area contributed by atoms with Crippen LogP contribution in [0.15, 0.2) is 48.7 Å². The summed E-state index contributed by atoms with van der Waals surface area (Å²) in [5.41, 5.74) is 4.85. The van der Waals surface area contributed by atoms with Crippen LogP contribution in [-0.2, 0) is 14.3 Å². The molecule has 2 saturated carbocycles. The molecule has 2 aromatic heterocycles. The van der Waals surface area contributed by atoms with Crippen molar-refractivity contribution in [3.05, 3.63) is 71.4 Å². The van der Waals surface area contributed by atoms with E-state index in [4.69, 9.17) is 38.6 Å². The molecular weight excluding hydrogens is 1150 g/mol. The van der Waals surface area contributed by atoms with E-state index >= 15 is 8.78 Å². The molecule has 478 valence electrons. The molecule has 4 aliphatic heterocycles. The monoisotopic (exact) mass is 1240 g/mol. The number of aliphatic hydroxyl groups is 1. The van der Waals surface area contributed by atoms with E-state index in [1.54, 1.807) is 49.5 Å². The van der Waals surface area contributed by atoms with E-state index in [-0.39, 0.29) is 78.3 Å². The molecule has 1 unspecified atom stereocenters. The summed E-state index contributed by atoms with van der Waals surface area (Å²) in [4.78, 5) is 63.5. The Morgan fingerprint density at radius 2 is 1.58 bits per heavy atom. The second-order valence-corrected chi connectivity index (χ2v) is 33.0. The van der Waals surface area contributed by atoms with Crippen molar-refractivity contribution in [2.45, 2.75) is 128 Å². The SMILES string of the molecule is COCOc1cc(-c2ncc3c(N4CCOCC(C)(O)C4)nc(OCC4(CN5CCN(CC6CCC7(CC6)CCN(C(=O)c6ccc(OC)c(N8CCC(=O)NC8=O)c6)CC7)CC5)CC4)nc3c2F)c2c(C#C[Si](C(C)C)(C(C)C)C(C)C)c(F)ccc2c1. The summed E-state index contributed by atoms with van der Waals surface area (Å²) in [6.07, 6.45) is 10.4. The summed E-state index contributed by atoms with van der Waals surface area (Å²) < 4.78 is 63.8. The molecule has 6 aliphatic rings. The van der Waals surface area contributed by atoms with Crippen LogP contribution in [0.2, 0.25) is 16.6 Å². The lowest BCUT2D eigenvalue weighted by Gasteiger charge is -2.47. The van der Waals surface area contributed by atoms with Crippen LogP contribution in [0.4, 0.5) is 25.1 Å². The Balaban J connectivity index is 0.758. The maximum Gasteiger partial charge on any atom is 0.328 e. The van der Waals surface area contributed by atoms with Crippen molar-refractivity contribution >= 4 is 59.1 Å². The zero-order valence-corrected chi connectivity index (χ0v) is 54.4. The van der Waals surface area contributed by atoms with Gasteiger partial charge in [-0.1, -0.05) is 53.5 Å². The number of anilines is 2. The number of benzene rings is 3. The third-order valence-electron chi connectivity index (χ3n) is 20.4. The number of carbonyl (C=O) groups excluding carboxylic acids is 3. The van der Waals surface area contributed by atoms with E-state index in [0.717, 1.165) is 65.0 Å². The molecule has 1 spiro atoms. The summed E-state index contributed by atoms with van der Waals surface area (Å²) >= 11 is 0. The molecule has 3 aromatic carbocycles. The number of nitrogens with one attached hydrogen (secondary N) is 1. The highest BCUT2D eigenvalue weighted by molar-refractivity contribution is 6.90. The topological polar surface area (TPSA) is 184 Å². The van der Waals surface area contributed by atoms with Gasteiger partial charge in [0.15, 0.2) is 12.6 Å². The predicted molar refractivity (Wildman–Crippen MR) is 342 cm³/mol. The number of rotatable bonds is 18. The number of imide groups is 1. The van der Waals surface area contributed by atoms with Crippen LogP contribution in [0, 0.1) is 39.8 Å². The van der Waals surface area contributed by atoms with Gasteiger partial charge in [-0.2, -0.15) is 9.97 Å². The van der Waals surface area contributed by atoms with E-state index in [1.807, 2.05) is 9.80 Å². The number of likely N-dealkylation sites (tertiary alicyclic amines) is 1. The summed E-state index contributed by atoms with van der Waals surface area (Å²) in [6, 6.07) is 11.2. The molecule has 11 rings (SSSR count). The average Bonchev–Trinajstić information content (AvgIpc) is 1.43. The number of hydrogen-bond donors (Lipinski definition) is 2. The van der Waals surface area contributed by atoms with Gasteiger partial charge in [-0.15, -0.1) is 5.54 Å². The van der Waals surface area contributed by atoms with Crippen LogP contribution in [-0.4, -0.2) is 179 Å². The van der Waals surface area contributed by atoms with Crippen molar-refractivity contribution in [2.75, 3.05) is 123 Å². The lowest BCUT2D eigenvalue weighted by Crippen LogP contribution is -2.50. The zero-order valence-electron chi connectivity index (χ0n) is 53.4. The number of piperidine rings is 1. The minimum absolute atomic E-state index is 0.0175. The van der Waals surface area contributed by atoms with Crippen LogP contribution >= 0.6 is 0 Å². The number of nitrogens with zero attached hydrogens (tertiary/aromatic N) is 8. The molecule has 1 atom stereocenters. The van der Waals surface area contributed by atoms with Gasteiger partial charge in [0.2, 0.25) is 5.91 Å². The highest BCUT2D eigenvalue weighted by atomic mass is 28.3. The standard InChI is InChI=1S/C68H89F2N9O9Si/c1-44(2)89(45(3)4,46(5)6)33-17-51-54(69)12-10-48-34-50(88-43-84-8)36-52(58(48)51)60-59(70)61-53(37-71-60)62(78-31-32-86-41-66(7,83)39-78)74-64(73-61)87-42-68(20-21-68)40-76-29-27-75(28-30-76)38-47-14-18-67(19-15-47)22-25-77(26-23-67)63(81)49-11-13-56(85-9)55(35-49)79-24-16-57(80)72-65(79)82/h10-13,34-37,44-47,83H,14-16,18-32,38-43H2,1-9H3,(H,72,80,82). The number of halogens is 2. The smallest absolute Gasteiger partial charge is 0.328 e. The normalized spacial score (nSPS) is 21.2. The van der Waals surface area contributed by atoms with Crippen LogP contribution in [0.1, 0.15) is 122 Å². The first kappa shape index (κ1) is 64.0. The Bertz CT molecular complexity index is 3490. The van der Waals surface area contributed by atoms with Gasteiger partial charge in [0.25, 0.3) is 5.91 Å². The Labute approximate surface area is 523 Å². The number of pyridine rings is 1. The van der Waals surface area contributed by atoms with E-state index in [0.29, 0.717) is 106 Å². The summed E-state index contributed by atoms with van der Waals surface area (Å²) in [5, 5.41) is 15.1. The van der Waals surface area contributed by atoms with Crippen molar-refractivity contribution in [3.8, 4) is 40.2 Å². The van der Waals surface area contributed by atoms with Gasteiger partial charge in [0, 0.05) is 107 Å². The molecule has 89 heavy (non-hydrogen) atoms. The third kappa shape index (κ3) is 13.6. The van der Waals surface area contributed by atoms with Gasteiger partial charge >= 0.3 is 12.0 Å². The highest BCUT2D eigenvalue weighted by Crippen LogP contribution is 2.49. The fraction of sp³-hybridized carbons (Fsp3) is 0.588. The maximum absolute atomic E-state index is 18.1. The average molecular weight is 1240 g/mol. The summed E-state index contributed by atoms with van der Waals surface area (Å²) in [5.74, 6) is 3.58. The first-order valence-electron chi connectivity index (χ1n) is 32.1. The molecule has 2 N–H and O–H groups in total. The number of carbonyl (C=O) groups is 3. The number of β-amino-alcohol motifs (C(OH)–C–C–N with tert-alkyl or cyclic N) is 1. The molecule has 18 nitrogen and oxygen atoms in total. The second-order valence-electron chi connectivity index (χ2n) is 27.4. The van der Waals surface area contributed by atoms with Crippen LogP contribution in [0.25, 0.3) is 32.9 Å². The van der Waals surface area contributed by atoms with Gasteiger partial charge in [0.1, 0.15) is 48.0 Å². The first-order chi connectivity index (χ1) is 42.6. The highest BCUT2D eigenvalue weighted by Gasteiger charge is 2.47. The summed E-state index contributed by atoms with van der Waals surface area (Å²) in [7, 11) is 0.701. The molecule has 6 fully saturated rings. The third-order valence-corrected chi connectivity index (χ3v) is 26.6. The lowest BCUT2D eigenvalue weighted by molar-refractivity contribution is -0.120. The van der Waals surface area contributed by atoms with Crippen molar-refractivity contribution in [1.82, 2.24) is 35.0 Å². The lowest BCUT2D eigenvalue weighted by atomic mass is 9.65. The van der Waals surface area contributed by atoms with Crippen molar-refractivity contribution < 1.29 is 52.0 Å². The number of piperazine rings is 1. The molecule has 4 saturated heterocycles. The largest absolute Gasteiger partial charge is 0.495 e. The van der Waals surface area contributed by atoms with Gasteiger partial charge < -0.3 is 48.4 Å². The van der Waals surface area contributed by atoms with Gasteiger partial charge in [-0.05, 0) is 128 Å². The van der Waals surface area contributed by atoms with Crippen molar-refractivity contribution in [1.29, 1.82) is 0 Å². The number of amides is 4. The second kappa shape index (κ2) is 26.4. The molecule has 0 radical (unpaired) electrons. The minimum Gasteiger partial charge on any atom is -0.495 e. The summed E-state index contributed by atoms with van der Waals surface area (Å²) in [6.45, 7) is 23.7. The first-order valence-corrected chi connectivity index (χ1v) is 34.4. The number of aromatic nitrogens is 3. The molecule has 5 aromatic rings. The van der Waals surface area contributed by atoms with Gasteiger partial charge in [-0.3, -0.25) is 24.8 Å². The molecule has 4 amide bonds. The number of hydrogen-bond acceptors (Lipinski definition) is 15. The minimum atomic E-state index is -2.34. The van der Waals surface area contributed by atoms with Crippen molar-refractivity contribution in [2.24, 2.45) is 16.7 Å². The number of methoxy groups -OCH3 is 2. The number of ether oxygens (including phenoxy) is 5. The zero-order chi connectivity index (χ0) is 63.0. The van der Waals surface area contributed by atoms with Crippen LogP contribution < -0.4 is 29.3 Å². The Morgan fingerprint density at radius 3 is 2.26 bits per heavy atom. The number of fused-ring (bicyclic) bond motifs is 2. The van der Waals surface area contributed by atoms with Crippen LogP contribution in [0.3, 0.4) is 0 Å². The van der Waals surface area contributed by atoms with E-state index in [9.17, 15) is 19.5 Å². The fourth-order valence-electron chi connectivity index (χ4n) is 15.1. The molecule has 0 bridgehead atoms. The predicted octanol–water partition coefficient (Wildman–Crippen LogP) is 10.6. The van der Waals surface area contributed by atoms with E-state index < -0.39 is 31.3 Å². The fourth-order valence-corrected chi connectivity index (χ4v) is 20.3. The Morgan fingerprint density at radius 1 is 0.865 bits per heavy atom. The number of urea groups is 1. The molecule has 21 heteroatoms. The van der Waals surface area contributed by atoms with Gasteiger partial charge in [-0.25, -0.2) is 13.6 Å². The molecule has 6 heterocycles. The van der Waals surface area contributed by atoms with E-state index in [1.165, 1.54) is 50.9 Å². The maximum atomic E-state index is 18.1. The molecular formula is C68H89F2N9O9Si. The van der Waals surface area contributed by atoms with Gasteiger partial charge in [0.05, 0.1) is 50.1 Å². The Kier molecular flexibility index (Phi) is 19.0. The van der Waals surface area contributed by atoms with E-state index in [2.05, 4.69) is 68.1 Å². The Hall–Kier alpha value is -6.54.